The molecule has 2 aliphatic heterocycles. The van der Waals surface area contributed by atoms with Crippen LogP contribution in [0.1, 0.15) is 102 Å². The molecule has 0 amide bonds. The van der Waals surface area contributed by atoms with Gasteiger partial charge in [-0.2, -0.15) is 0 Å². The molecule has 208 valence electrons. The average Bonchev–Trinajstić information content (AvgIpc) is 3.49. The van der Waals surface area contributed by atoms with E-state index in [9.17, 15) is 0 Å². The van der Waals surface area contributed by atoms with Crippen LogP contribution >= 0.6 is 22.7 Å². The molecule has 0 radical (unpaired) electrons. The molecular formula is C38H44S2. The van der Waals surface area contributed by atoms with Crippen LogP contribution in [0.2, 0.25) is 0 Å². The van der Waals surface area contributed by atoms with Crippen molar-refractivity contribution < 1.29 is 0 Å². The molecule has 2 aliphatic carbocycles. The normalized spacial score (nSPS) is 12.2. The van der Waals surface area contributed by atoms with E-state index in [0.717, 1.165) is 0 Å². The fraction of sp³-hybridized carbons (Fsp3) is 0.421. The molecule has 0 saturated heterocycles. The maximum absolute atomic E-state index is 2.46. The average molecular weight is 565 g/mol. The van der Waals surface area contributed by atoms with Crippen LogP contribution in [-0.2, 0) is 12.8 Å². The van der Waals surface area contributed by atoms with Gasteiger partial charge in [-0.1, -0.05) is 127 Å². The molecule has 0 fully saturated rings. The molecule has 4 aliphatic rings. The quantitative estimate of drug-likeness (QED) is 0.115. The molecule has 6 rings (SSSR count). The van der Waals surface area contributed by atoms with Gasteiger partial charge in [-0.3, -0.25) is 0 Å². The first-order valence-electron chi connectivity index (χ1n) is 16.0. The zero-order valence-corrected chi connectivity index (χ0v) is 26.1. The van der Waals surface area contributed by atoms with E-state index in [1.807, 2.05) is 22.7 Å². The predicted octanol–water partition coefficient (Wildman–Crippen LogP) is 13.3. The summed E-state index contributed by atoms with van der Waals surface area (Å²) in [6, 6.07) is 19.0. The SMILES string of the molecule is CCCCCCCCc1c2scccc-2c2ccc3c(ccc4c5cccsc-5c(CCCCCCCC)c43)c12. The minimum Gasteiger partial charge on any atom is -0.144 e. The molecule has 0 saturated carbocycles. The highest BCUT2D eigenvalue weighted by Crippen LogP contribution is 2.49. The number of hydrogen-bond donors (Lipinski definition) is 0. The molecule has 2 heteroatoms. The minimum atomic E-state index is 1.19. The van der Waals surface area contributed by atoms with E-state index in [0.29, 0.717) is 0 Å². The van der Waals surface area contributed by atoms with E-state index < -0.39 is 0 Å². The molecule has 0 bridgehead atoms. The van der Waals surface area contributed by atoms with Crippen LogP contribution in [0.25, 0.3) is 53.2 Å². The van der Waals surface area contributed by atoms with Crippen molar-refractivity contribution in [2.75, 3.05) is 0 Å². The maximum Gasteiger partial charge on any atom is 0.0387 e. The molecule has 2 aromatic carbocycles. The van der Waals surface area contributed by atoms with Gasteiger partial charge in [0.2, 0.25) is 0 Å². The highest BCUT2D eigenvalue weighted by molar-refractivity contribution is 7.14. The van der Waals surface area contributed by atoms with Gasteiger partial charge in [-0.05, 0) is 91.0 Å². The third-order valence-electron chi connectivity index (χ3n) is 9.04. The maximum atomic E-state index is 2.46. The zero-order chi connectivity index (χ0) is 27.3. The standard InChI is InChI=1S/C38H44S2/c1-3-5-7-9-11-13-17-33-35-27-21-24-30-32-20-16-26-40-38(32)34(18-14-12-10-8-6-4-2)36(30)28(27)22-23-29(35)31-19-15-25-39-37(31)33/h15-16,19-26H,3-14,17-18H2,1-2H3. The summed E-state index contributed by atoms with van der Waals surface area (Å²) < 4.78 is 0. The third-order valence-corrected chi connectivity index (χ3v) is 11.0. The van der Waals surface area contributed by atoms with Crippen molar-refractivity contribution >= 4 is 55.0 Å². The van der Waals surface area contributed by atoms with Crippen LogP contribution in [0.3, 0.4) is 0 Å². The summed E-state index contributed by atoms with van der Waals surface area (Å²) >= 11 is 3.88. The number of hydrogen-bond acceptors (Lipinski definition) is 2. The van der Waals surface area contributed by atoms with Crippen molar-refractivity contribution in [3.05, 3.63) is 70.4 Å². The second-order valence-corrected chi connectivity index (χ2v) is 13.6. The molecule has 0 unspecified atom stereocenters. The van der Waals surface area contributed by atoms with Crippen LogP contribution < -0.4 is 0 Å². The fourth-order valence-electron chi connectivity index (χ4n) is 7.03. The summed E-state index contributed by atoms with van der Waals surface area (Å²) in [5.74, 6) is 0. The fourth-order valence-corrected chi connectivity index (χ4v) is 8.92. The highest BCUT2D eigenvalue weighted by Gasteiger charge is 2.23. The number of fused-ring (bicyclic) bond motifs is 9. The Kier molecular flexibility index (Phi) is 9.05. The molecule has 40 heavy (non-hydrogen) atoms. The Morgan fingerprint density at radius 1 is 0.450 bits per heavy atom. The van der Waals surface area contributed by atoms with Crippen molar-refractivity contribution in [1.82, 2.24) is 0 Å². The number of unbranched alkanes of at least 4 members (excludes halogenated alkanes) is 10. The van der Waals surface area contributed by atoms with Gasteiger partial charge in [0.25, 0.3) is 0 Å². The minimum absolute atomic E-state index is 1.19. The molecular weight excluding hydrogens is 521 g/mol. The molecule has 2 heterocycles. The van der Waals surface area contributed by atoms with Crippen LogP contribution in [-0.4, -0.2) is 0 Å². The number of benzene rings is 2. The lowest BCUT2D eigenvalue weighted by Crippen LogP contribution is -1.89. The molecule has 0 atom stereocenters. The summed E-state index contributed by atoms with van der Waals surface area (Å²) in [6.45, 7) is 4.61. The summed E-state index contributed by atoms with van der Waals surface area (Å²) in [6.07, 6.45) is 18.6. The lowest BCUT2D eigenvalue weighted by molar-refractivity contribution is 0.608. The summed E-state index contributed by atoms with van der Waals surface area (Å²) in [4.78, 5) is 3.03. The van der Waals surface area contributed by atoms with Crippen molar-refractivity contribution in [3.63, 3.8) is 0 Å². The van der Waals surface area contributed by atoms with Crippen LogP contribution in [0.4, 0.5) is 0 Å². The Morgan fingerprint density at radius 3 is 1.30 bits per heavy atom. The van der Waals surface area contributed by atoms with Crippen molar-refractivity contribution in [3.8, 4) is 20.9 Å². The van der Waals surface area contributed by atoms with Gasteiger partial charge in [0.05, 0.1) is 0 Å². The van der Waals surface area contributed by atoms with Crippen molar-refractivity contribution in [2.24, 2.45) is 0 Å². The Morgan fingerprint density at radius 2 is 0.850 bits per heavy atom. The van der Waals surface area contributed by atoms with Gasteiger partial charge < -0.3 is 0 Å². The highest BCUT2D eigenvalue weighted by atomic mass is 32.1. The smallest absolute Gasteiger partial charge is 0.0387 e. The molecule has 2 aromatic rings. The third kappa shape index (κ3) is 5.30. The van der Waals surface area contributed by atoms with E-state index in [4.69, 9.17) is 0 Å². The van der Waals surface area contributed by atoms with Crippen LogP contribution in [0.5, 0.6) is 0 Å². The Hall–Kier alpha value is -2.42. The van der Waals surface area contributed by atoms with E-state index in [1.165, 1.54) is 143 Å². The first-order chi connectivity index (χ1) is 19.8. The Bertz CT molecular complexity index is 1510. The Labute approximate surface area is 249 Å². The van der Waals surface area contributed by atoms with Gasteiger partial charge in [0.15, 0.2) is 0 Å². The predicted molar refractivity (Wildman–Crippen MR) is 182 cm³/mol. The molecule has 0 nitrogen and oxygen atoms in total. The first-order valence-corrected chi connectivity index (χ1v) is 17.7. The summed E-state index contributed by atoms with van der Waals surface area (Å²) in [7, 11) is 0. The van der Waals surface area contributed by atoms with Gasteiger partial charge in [-0.25, -0.2) is 0 Å². The molecule has 0 spiro atoms. The molecule has 0 N–H and O–H groups in total. The zero-order valence-electron chi connectivity index (χ0n) is 24.5. The van der Waals surface area contributed by atoms with Crippen molar-refractivity contribution in [1.29, 1.82) is 0 Å². The topological polar surface area (TPSA) is 0 Å². The lowest BCUT2D eigenvalue weighted by Gasteiger charge is -2.09. The first kappa shape index (κ1) is 27.7. The largest absolute Gasteiger partial charge is 0.144 e. The van der Waals surface area contributed by atoms with Crippen molar-refractivity contribution in [2.45, 2.75) is 104 Å². The number of rotatable bonds is 14. The second-order valence-electron chi connectivity index (χ2n) is 11.8. The van der Waals surface area contributed by atoms with Crippen LogP contribution in [0, 0.1) is 0 Å². The summed E-state index contributed by atoms with van der Waals surface area (Å²) in [5, 5.41) is 13.5. The van der Waals surface area contributed by atoms with E-state index >= 15 is 0 Å². The lowest BCUT2D eigenvalue weighted by atomic mass is 9.95. The van der Waals surface area contributed by atoms with Crippen LogP contribution in [0.15, 0.2) is 59.3 Å². The second kappa shape index (κ2) is 13.0. The van der Waals surface area contributed by atoms with Gasteiger partial charge in [0, 0.05) is 9.75 Å². The monoisotopic (exact) mass is 564 g/mol. The van der Waals surface area contributed by atoms with E-state index in [2.05, 4.69) is 73.1 Å². The van der Waals surface area contributed by atoms with Gasteiger partial charge in [-0.15, -0.1) is 22.7 Å². The Balaban J connectivity index is 1.46. The van der Waals surface area contributed by atoms with Gasteiger partial charge in [0.1, 0.15) is 0 Å². The number of aryl methyl sites for hydroxylation is 2. The van der Waals surface area contributed by atoms with E-state index in [1.54, 1.807) is 11.1 Å². The van der Waals surface area contributed by atoms with E-state index in [-0.39, 0.29) is 0 Å². The molecule has 0 aromatic heterocycles. The summed E-state index contributed by atoms with van der Waals surface area (Å²) in [5.41, 5.74) is 6.11. The van der Waals surface area contributed by atoms with Gasteiger partial charge >= 0.3 is 0 Å².